The number of aromatic nitrogens is 2. The van der Waals surface area contributed by atoms with Crippen molar-refractivity contribution in [3.63, 3.8) is 0 Å². The molecule has 0 spiro atoms. The predicted octanol–water partition coefficient (Wildman–Crippen LogP) is 4.37. The Bertz CT molecular complexity index is 1150. The van der Waals surface area contributed by atoms with Gasteiger partial charge < -0.3 is 19.0 Å². The van der Waals surface area contributed by atoms with Crippen LogP contribution in [0.5, 0.6) is 5.75 Å². The minimum absolute atomic E-state index is 0.270. The van der Waals surface area contributed by atoms with Crippen molar-refractivity contribution in [2.45, 2.75) is 19.5 Å². The van der Waals surface area contributed by atoms with Gasteiger partial charge in [0.1, 0.15) is 18.2 Å². The lowest BCUT2D eigenvalue weighted by molar-refractivity contribution is 0.0921. The van der Waals surface area contributed by atoms with Crippen molar-refractivity contribution in [1.29, 1.82) is 0 Å². The molecule has 4 rings (SSSR count). The minimum atomic E-state index is -0.270. The third kappa shape index (κ3) is 4.27. The van der Waals surface area contributed by atoms with Crippen molar-refractivity contribution in [1.82, 2.24) is 14.9 Å². The lowest BCUT2D eigenvalue weighted by Gasteiger charge is -2.13. The molecule has 0 bridgehead atoms. The van der Waals surface area contributed by atoms with Gasteiger partial charge in [-0.3, -0.25) is 4.79 Å². The Hall–Kier alpha value is -3.80. The van der Waals surface area contributed by atoms with Crippen LogP contribution in [-0.4, -0.2) is 22.1 Å². The number of rotatable bonds is 9. The molecule has 2 aromatic carbocycles. The number of ether oxygens (including phenoxy) is 1. The van der Waals surface area contributed by atoms with Gasteiger partial charge >= 0.3 is 0 Å². The summed E-state index contributed by atoms with van der Waals surface area (Å²) in [5.41, 5.74) is 2.99. The third-order valence-electron chi connectivity index (χ3n) is 4.79. The number of carbonyl (C=O) groups is 1. The summed E-state index contributed by atoms with van der Waals surface area (Å²) in [5, 5.41) is 2.87. The van der Waals surface area contributed by atoms with Crippen LogP contribution in [0.2, 0.25) is 0 Å². The normalized spacial score (nSPS) is 10.8. The van der Waals surface area contributed by atoms with Crippen molar-refractivity contribution in [2.75, 3.05) is 6.61 Å². The van der Waals surface area contributed by atoms with Gasteiger partial charge in [0.25, 0.3) is 5.91 Å². The van der Waals surface area contributed by atoms with E-state index in [4.69, 9.17) is 9.15 Å². The summed E-state index contributed by atoms with van der Waals surface area (Å²) < 4.78 is 13.3. The Kier molecular flexibility index (Phi) is 5.94. The van der Waals surface area contributed by atoms with Crippen LogP contribution in [0.1, 0.15) is 21.9 Å². The molecular formula is C24H23N3O3. The van der Waals surface area contributed by atoms with Crippen LogP contribution in [0.3, 0.4) is 0 Å². The number of benzene rings is 2. The van der Waals surface area contributed by atoms with E-state index in [1.165, 1.54) is 6.26 Å². The fourth-order valence-electron chi connectivity index (χ4n) is 3.38. The summed E-state index contributed by atoms with van der Waals surface area (Å²) in [7, 11) is 0. The molecule has 0 aliphatic heterocycles. The molecule has 1 N–H and O–H groups in total. The zero-order valence-corrected chi connectivity index (χ0v) is 16.6. The van der Waals surface area contributed by atoms with E-state index in [0.29, 0.717) is 19.7 Å². The van der Waals surface area contributed by atoms with Crippen molar-refractivity contribution < 1.29 is 13.9 Å². The monoisotopic (exact) mass is 401 g/mol. The lowest BCUT2D eigenvalue weighted by Crippen LogP contribution is -2.25. The molecule has 0 atom stereocenters. The Labute approximate surface area is 174 Å². The number of hydrogen-bond donors (Lipinski definition) is 1. The maximum absolute atomic E-state index is 12.2. The van der Waals surface area contributed by atoms with Gasteiger partial charge in [-0.1, -0.05) is 36.4 Å². The molecule has 0 radical (unpaired) electrons. The SMILES string of the molecule is C=CCc1ccccc1OCCn1c(CNC(=O)c2ccco2)nc2ccccc21. The van der Waals surface area contributed by atoms with Crippen LogP contribution in [0.4, 0.5) is 0 Å². The van der Waals surface area contributed by atoms with Crippen LogP contribution >= 0.6 is 0 Å². The van der Waals surface area contributed by atoms with Crippen molar-refractivity contribution in [2.24, 2.45) is 0 Å². The predicted molar refractivity (Wildman–Crippen MR) is 115 cm³/mol. The van der Waals surface area contributed by atoms with E-state index >= 15 is 0 Å². The first-order valence-corrected chi connectivity index (χ1v) is 9.83. The Morgan fingerprint density at radius 2 is 1.97 bits per heavy atom. The van der Waals surface area contributed by atoms with Crippen LogP contribution in [-0.2, 0) is 19.5 Å². The van der Waals surface area contributed by atoms with E-state index in [1.807, 2.05) is 54.6 Å². The highest BCUT2D eigenvalue weighted by atomic mass is 16.5. The van der Waals surface area contributed by atoms with Gasteiger partial charge in [0, 0.05) is 0 Å². The van der Waals surface area contributed by atoms with Crippen molar-refractivity contribution in [3.8, 4) is 5.75 Å². The smallest absolute Gasteiger partial charge is 0.287 e. The van der Waals surface area contributed by atoms with Gasteiger partial charge in [-0.25, -0.2) is 4.98 Å². The zero-order valence-electron chi connectivity index (χ0n) is 16.6. The van der Waals surface area contributed by atoms with E-state index in [-0.39, 0.29) is 11.7 Å². The second-order valence-corrected chi connectivity index (χ2v) is 6.78. The molecule has 0 unspecified atom stereocenters. The van der Waals surface area contributed by atoms with Crippen LogP contribution in [0.25, 0.3) is 11.0 Å². The number of furan rings is 1. The Morgan fingerprint density at radius 1 is 1.13 bits per heavy atom. The molecular weight excluding hydrogens is 378 g/mol. The first kappa shape index (κ1) is 19.5. The van der Waals surface area contributed by atoms with Gasteiger partial charge in [-0.15, -0.1) is 6.58 Å². The zero-order chi connectivity index (χ0) is 20.8. The molecule has 2 aromatic heterocycles. The van der Waals surface area contributed by atoms with Crippen LogP contribution < -0.4 is 10.1 Å². The molecule has 1 amide bonds. The molecule has 0 saturated heterocycles. The van der Waals surface area contributed by atoms with Gasteiger partial charge in [-0.05, 0) is 42.3 Å². The molecule has 0 saturated carbocycles. The number of nitrogens with one attached hydrogen (secondary N) is 1. The summed E-state index contributed by atoms with van der Waals surface area (Å²) >= 11 is 0. The first-order chi connectivity index (χ1) is 14.8. The number of para-hydroxylation sites is 3. The first-order valence-electron chi connectivity index (χ1n) is 9.83. The minimum Gasteiger partial charge on any atom is -0.491 e. The second-order valence-electron chi connectivity index (χ2n) is 6.78. The van der Waals surface area contributed by atoms with Crippen molar-refractivity contribution >= 4 is 16.9 Å². The summed E-state index contributed by atoms with van der Waals surface area (Å²) in [5.74, 6) is 1.63. The molecule has 6 heteroatoms. The number of carbonyl (C=O) groups excluding carboxylic acids is 1. The van der Waals surface area contributed by atoms with E-state index in [0.717, 1.165) is 34.6 Å². The Balaban J connectivity index is 1.49. The molecule has 152 valence electrons. The third-order valence-corrected chi connectivity index (χ3v) is 4.79. The van der Waals surface area contributed by atoms with E-state index in [9.17, 15) is 4.79 Å². The number of amides is 1. The molecule has 30 heavy (non-hydrogen) atoms. The quantitative estimate of drug-likeness (QED) is 0.423. The maximum Gasteiger partial charge on any atom is 0.287 e. The van der Waals surface area contributed by atoms with Crippen molar-refractivity contribution in [3.05, 3.63) is 96.7 Å². The highest BCUT2D eigenvalue weighted by Crippen LogP contribution is 2.20. The summed E-state index contributed by atoms with van der Waals surface area (Å²) in [4.78, 5) is 16.9. The van der Waals surface area contributed by atoms with Gasteiger partial charge in [0.05, 0.1) is 30.4 Å². The van der Waals surface area contributed by atoms with Gasteiger partial charge in [0.15, 0.2) is 5.76 Å². The highest BCUT2D eigenvalue weighted by Gasteiger charge is 2.14. The Morgan fingerprint density at radius 3 is 2.80 bits per heavy atom. The molecule has 0 aliphatic rings. The second kappa shape index (κ2) is 9.13. The summed E-state index contributed by atoms with van der Waals surface area (Å²) in [6.45, 7) is 5.19. The molecule has 6 nitrogen and oxygen atoms in total. The fraction of sp³-hybridized carbons (Fsp3) is 0.167. The molecule has 4 aromatic rings. The molecule has 2 heterocycles. The number of imidazole rings is 1. The van der Waals surface area contributed by atoms with E-state index in [1.54, 1.807) is 12.1 Å². The number of hydrogen-bond acceptors (Lipinski definition) is 4. The highest BCUT2D eigenvalue weighted by molar-refractivity contribution is 5.91. The lowest BCUT2D eigenvalue weighted by atomic mass is 10.1. The van der Waals surface area contributed by atoms with Crippen LogP contribution in [0, 0.1) is 0 Å². The molecule has 0 aliphatic carbocycles. The largest absolute Gasteiger partial charge is 0.491 e. The number of fused-ring (bicyclic) bond motifs is 1. The summed E-state index contributed by atoms with van der Waals surface area (Å²) in [6, 6.07) is 19.2. The standard InChI is InChI=1S/C24H23N3O3/c1-2-8-18-9-3-6-12-21(18)30-16-14-27-20-11-5-4-10-19(20)26-23(27)17-25-24(28)22-13-7-15-29-22/h2-7,9-13,15H,1,8,14,16-17H2,(H,25,28). The fourth-order valence-corrected chi connectivity index (χ4v) is 3.38. The van der Waals surface area contributed by atoms with E-state index < -0.39 is 0 Å². The van der Waals surface area contributed by atoms with Crippen LogP contribution in [0.15, 0.2) is 84.0 Å². The van der Waals surface area contributed by atoms with Gasteiger partial charge in [0.2, 0.25) is 0 Å². The maximum atomic E-state index is 12.2. The average Bonchev–Trinajstić information content (AvgIpc) is 3.42. The number of nitrogens with zero attached hydrogens (tertiary/aromatic N) is 2. The molecule has 0 fully saturated rings. The van der Waals surface area contributed by atoms with Gasteiger partial charge in [-0.2, -0.15) is 0 Å². The van der Waals surface area contributed by atoms with E-state index in [2.05, 4.69) is 21.4 Å². The average molecular weight is 401 g/mol. The number of allylic oxidation sites excluding steroid dienone is 1. The summed E-state index contributed by atoms with van der Waals surface area (Å²) in [6.07, 6.45) is 4.10. The topological polar surface area (TPSA) is 69.3 Å².